The Hall–Kier alpha value is -2.04. The fraction of sp³-hybridized carbons (Fsp3) is 0.350. The summed E-state index contributed by atoms with van der Waals surface area (Å²) >= 11 is 6.17. The van der Waals surface area contributed by atoms with Crippen LogP contribution in [0.1, 0.15) is 29.3 Å². The molecule has 0 aliphatic carbocycles. The first-order chi connectivity index (χ1) is 12.1. The summed E-state index contributed by atoms with van der Waals surface area (Å²) in [6.07, 6.45) is 0.940. The minimum Gasteiger partial charge on any atom is -0.488 e. The Bertz CT molecular complexity index is 735. The summed E-state index contributed by atoms with van der Waals surface area (Å²) in [5.74, 6) is 0.893. The van der Waals surface area contributed by atoms with Gasteiger partial charge in [-0.25, -0.2) is 0 Å². The molecule has 2 N–H and O–H groups in total. The summed E-state index contributed by atoms with van der Waals surface area (Å²) in [7, 11) is 0. The van der Waals surface area contributed by atoms with Gasteiger partial charge in [-0.1, -0.05) is 48.9 Å². The number of rotatable bonds is 5. The van der Waals surface area contributed by atoms with Crippen molar-refractivity contribution in [2.24, 2.45) is 5.92 Å². The SMILES string of the molecule is CC1CNCCC1NC(=O)c1ccccc1OCc1ccccc1Cl. The molecule has 5 heteroatoms. The predicted octanol–water partition coefficient (Wildman–Crippen LogP) is 3.65. The molecule has 1 saturated heterocycles. The van der Waals surface area contributed by atoms with Gasteiger partial charge in [0.05, 0.1) is 5.56 Å². The van der Waals surface area contributed by atoms with E-state index in [1.807, 2.05) is 42.5 Å². The molecule has 1 heterocycles. The van der Waals surface area contributed by atoms with Crippen LogP contribution in [-0.2, 0) is 6.61 Å². The number of benzene rings is 2. The number of ether oxygens (including phenoxy) is 1. The smallest absolute Gasteiger partial charge is 0.255 e. The van der Waals surface area contributed by atoms with E-state index < -0.39 is 0 Å². The Kier molecular flexibility index (Phi) is 5.95. The molecule has 1 fully saturated rings. The van der Waals surface area contributed by atoms with Crippen LogP contribution in [-0.4, -0.2) is 25.0 Å². The lowest BCUT2D eigenvalue weighted by molar-refractivity contribution is 0.0909. The molecule has 0 spiro atoms. The van der Waals surface area contributed by atoms with Crippen LogP contribution in [0.3, 0.4) is 0 Å². The van der Waals surface area contributed by atoms with Crippen LogP contribution >= 0.6 is 11.6 Å². The van der Waals surface area contributed by atoms with Crippen molar-refractivity contribution in [2.45, 2.75) is 26.0 Å². The highest BCUT2D eigenvalue weighted by Crippen LogP contribution is 2.22. The molecule has 2 unspecified atom stereocenters. The maximum Gasteiger partial charge on any atom is 0.255 e. The first kappa shape index (κ1) is 17.8. The van der Waals surface area contributed by atoms with E-state index in [4.69, 9.17) is 16.3 Å². The number of carbonyl (C=O) groups is 1. The molecule has 1 amide bonds. The van der Waals surface area contributed by atoms with E-state index in [-0.39, 0.29) is 11.9 Å². The van der Waals surface area contributed by atoms with Crippen LogP contribution in [0.5, 0.6) is 5.75 Å². The Labute approximate surface area is 153 Å². The van der Waals surface area contributed by atoms with Crippen molar-refractivity contribution in [2.75, 3.05) is 13.1 Å². The Balaban J connectivity index is 1.69. The predicted molar refractivity (Wildman–Crippen MR) is 100 cm³/mol. The lowest BCUT2D eigenvalue weighted by Crippen LogP contribution is -2.48. The number of hydrogen-bond acceptors (Lipinski definition) is 3. The Morgan fingerprint density at radius 1 is 1.24 bits per heavy atom. The Morgan fingerprint density at radius 2 is 2.00 bits per heavy atom. The maximum absolute atomic E-state index is 12.7. The fourth-order valence-electron chi connectivity index (χ4n) is 3.03. The highest BCUT2D eigenvalue weighted by Gasteiger charge is 2.24. The molecule has 1 aliphatic rings. The number of para-hydroxylation sites is 1. The zero-order valence-electron chi connectivity index (χ0n) is 14.3. The molecular weight excluding hydrogens is 336 g/mol. The molecule has 2 atom stereocenters. The van der Waals surface area contributed by atoms with Crippen LogP contribution in [0.4, 0.5) is 0 Å². The first-order valence-corrected chi connectivity index (χ1v) is 9.00. The summed E-state index contributed by atoms with van der Waals surface area (Å²) in [4.78, 5) is 12.7. The summed E-state index contributed by atoms with van der Waals surface area (Å²) < 4.78 is 5.88. The lowest BCUT2D eigenvalue weighted by Gasteiger charge is -2.30. The van der Waals surface area contributed by atoms with Gasteiger partial charge in [0.2, 0.25) is 0 Å². The van der Waals surface area contributed by atoms with Crippen molar-refractivity contribution in [3.63, 3.8) is 0 Å². The summed E-state index contributed by atoms with van der Waals surface area (Å²) in [6.45, 7) is 4.33. The van der Waals surface area contributed by atoms with Gasteiger partial charge in [0.1, 0.15) is 12.4 Å². The monoisotopic (exact) mass is 358 g/mol. The fourth-order valence-corrected chi connectivity index (χ4v) is 3.22. The van der Waals surface area contributed by atoms with E-state index in [0.29, 0.717) is 28.9 Å². The van der Waals surface area contributed by atoms with Crippen LogP contribution in [0, 0.1) is 5.92 Å². The highest BCUT2D eigenvalue weighted by atomic mass is 35.5. The quantitative estimate of drug-likeness (QED) is 0.857. The van der Waals surface area contributed by atoms with Crippen LogP contribution < -0.4 is 15.4 Å². The van der Waals surface area contributed by atoms with Gasteiger partial charge >= 0.3 is 0 Å². The van der Waals surface area contributed by atoms with Gasteiger partial charge in [0, 0.05) is 16.6 Å². The van der Waals surface area contributed by atoms with Gasteiger partial charge in [-0.15, -0.1) is 0 Å². The number of halogens is 1. The summed E-state index contributed by atoms with van der Waals surface area (Å²) in [6, 6.07) is 15.1. The molecule has 0 bridgehead atoms. The van der Waals surface area contributed by atoms with Crippen molar-refractivity contribution in [3.8, 4) is 5.75 Å². The van der Waals surface area contributed by atoms with Gasteiger partial charge < -0.3 is 15.4 Å². The van der Waals surface area contributed by atoms with E-state index in [9.17, 15) is 4.79 Å². The normalized spacial score (nSPS) is 20.1. The maximum atomic E-state index is 12.7. The van der Waals surface area contributed by atoms with Gasteiger partial charge in [0.25, 0.3) is 5.91 Å². The highest BCUT2D eigenvalue weighted by molar-refractivity contribution is 6.31. The van der Waals surface area contributed by atoms with E-state index in [2.05, 4.69) is 17.6 Å². The van der Waals surface area contributed by atoms with E-state index in [1.165, 1.54) is 0 Å². The molecule has 0 saturated carbocycles. The minimum absolute atomic E-state index is 0.0893. The average molecular weight is 359 g/mol. The van der Waals surface area contributed by atoms with E-state index in [0.717, 1.165) is 25.1 Å². The van der Waals surface area contributed by atoms with E-state index in [1.54, 1.807) is 6.07 Å². The number of amides is 1. The van der Waals surface area contributed by atoms with Crippen LogP contribution in [0.25, 0.3) is 0 Å². The Morgan fingerprint density at radius 3 is 2.80 bits per heavy atom. The standard InChI is InChI=1S/C20H23ClN2O2/c1-14-12-22-11-10-18(14)23-20(24)16-7-3-5-9-19(16)25-13-15-6-2-4-8-17(15)21/h2-9,14,18,22H,10-13H2,1H3,(H,23,24). The topological polar surface area (TPSA) is 50.4 Å². The zero-order chi connectivity index (χ0) is 17.6. The molecule has 0 aromatic heterocycles. The minimum atomic E-state index is -0.0893. The third-order valence-electron chi connectivity index (χ3n) is 4.57. The molecular formula is C20H23ClN2O2. The van der Waals surface area contributed by atoms with Gasteiger partial charge in [-0.05, 0) is 43.6 Å². The number of hydrogen-bond donors (Lipinski definition) is 2. The van der Waals surface area contributed by atoms with Crippen LogP contribution in [0.15, 0.2) is 48.5 Å². The molecule has 132 valence electrons. The number of carbonyl (C=O) groups excluding carboxylic acids is 1. The largest absolute Gasteiger partial charge is 0.488 e. The van der Waals surface area contributed by atoms with Crippen molar-refractivity contribution in [1.82, 2.24) is 10.6 Å². The molecule has 2 aromatic rings. The lowest BCUT2D eigenvalue weighted by atomic mass is 9.95. The third-order valence-corrected chi connectivity index (χ3v) is 4.94. The third kappa shape index (κ3) is 4.53. The number of piperidine rings is 1. The molecule has 2 aromatic carbocycles. The first-order valence-electron chi connectivity index (χ1n) is 8.62. The van der Waals surface area contributed by atoms with Crippen molar-refractivity contribution < 1.29 is 9.53 Å². The molecule has 1 aliphatic heterocycles. The molecule has 4 nitrogen and oxygen atoms in total. The van der Waals surface area contributed by atoms with Crippen LogP contribution in [0.2, 0.25) is 5.02 Å². The molecule has 0 radical (unpaired) electrons. The van der Waals surface area contributed by atoms with E-state index >= 15 is 0 Å². The summed E-state index contributed by atoms with van der Waals surface area (Å²) in [5, 5.41) is 7.15. The number of nitrogens with one attached hydrogen (secondary N) is 2. The van der Waals surface area contributed by atoms with Crippen molar-refractivity contribution in [1.29, 1.82) is 0 Å². The second-order valence-corrected chi connectivity index (χ2v) is 6.83. The second-order valence-electron chi connectivity index (χ2n) is 6.43. The van der Waals surface area contributed by atoms with Gasteiger partial charge in [-0.3, -0.25) is 4.79 Å². The molecule has 3 rings (SSSR count). The summed E-state index contributed by atoms with van der Waals surface area (Å²) in [5.41, 5.74) is 1.45. The van der Waals surface area contributed by atoms with Gasteiger partial charge in [-0.2, -0.15) is 0 Å². The average Bonchev–Trinajstić information content (AvgIpc) is 2.63. The molecule has 25 heavy (non-hydrogen) atoms. The zero-order valence-corrected chi connectivity index (χ0v) is 15.1. The van der Waals surface area contributed by atoms with Crippen molar-refractivity contribution >= 4 is 17.5 Å². The van der Waals surface area contributed by atoms with Crippen molar-refractivity contribution in [3.05, 3.63) is 64.7 Å². The second kappa shape index (κ2) is 8.37. The van der Waals surface area contributed by atoms with Gasteiger partial charge in [0.15, 0.2) is 0 Å².